The van der Waals surface area contributed by atoms with Crippen LogP contribution in [0.1, 0.15) is 42.5 Å². The summed E-state index contributed by atoms with van der Waals surface area (Å²) in [5.74, 6) is -0.297. The van der Waals surface area contributed by atoms with E-state index in [0.717, 1.165) is 17.7 Å². The van der Waals surface area contributed by atoms with E-state index in [0.29, 0.717) is 18.9 Å². The summed E-state index contributed by atoms with van der Waals surface area (Å²) in [5, 5.41) is 0. The fourth-order valence-corrected chi connectivity index (χ4v) is 1.90. The number of ether oxygens (including phenoxy) is 2. The van der Waals surface area contributed by atoms with Crippen molar-refractivity contribution in [3.63, 3.8) is 0 Å². The minimum Gasteiger partial charge on any atom is -0.461 e. The van der Waals surface area contributed by atoms with Crippen molar-refractivity contribution in [2.75, 3.05) is 6.61 Å². The van der Waals surface area contributed by atoms with E-state index in [1.807, 2.05) is 19.9 Å². The topological polar surface area (TPSA) is 51.3 Å². The summed E-state index contributed by atoms with van der Waals surface area (Å²) in [6.45, 7) is 6.83. The van der Waals surface area contributed by atoms with Crippen LogP contribution in [0.25, 0.3) is 0 Å². The second-order valence-corrected chi connectivity index (χ2v) is 4.63. The van der Waals surface area contributed by atoms with Crippen molar-refractivity contribution in [2.24, 2.45) is 0 Å². The average Bonchev–Trinajstić information content (AvgIpc) is 2.59. The average molecular weight is 223 g/mol. The molecule has 0 unspecified atom stereocenters. The molecule has 0 amide bonds. The maximum Gasteiger partial charge on any atom is 0.354 e. The number of hydrogen-bond acceptors (Lipinski definition) is 3. The molecule has 1 aromatic heterocycles. The molecule has 1 aromatic rings. The molecule has 0 spiro atoms. The quantitative estimate of drug-likeness (QED) is 0.780. The van der Waals surface area contributed by atoms with Crippen LogP contribution in [0.2, 0.25) is 0 Å². The van der Waals surface area contributed by atoms with Gasteiger partial charge in [0, 0.05) is 12.1 Å². The fraction of sp³-hybridized carbons (Fsp3) is 0.583. The van der Waals surface area contributed by atoms with Crippen LogP contribution < -0.4 is 0 Å². The molecular weight excluding hydrogens is 206 g/mol. The Morgan fingerprint density at radius 2 is 2.38 bits per heavy atom. The minimum atomic E-state index is -0.297. The summed E-state index contributed by atoms with van der Waals surface area (Å²) < 4.78 is 10.6. The standard InChI is InChI=1S/C12H17NO3/c1-4-15-11(14)9-5-8-7-16-12(2,3)6-10(8)13-9/h5,13H,4,6-7H2,1-3H3. The van der Waals surface area contributed by atoms with Crippen molar-refractivity contribution in [1.82, 2.24) is 4.98 Å². The van der Waals surface area contributed by atoms with Gasteiger partial charge in [0.2, 0.25) is 0 Å². The number of fused-ring (bicyclic) bond motifs is 1. The van der Waals surface area contributed by atoms with Gasteiger partial charge < -0.3 is 14.5 Å². The number of carbonyl (C=O) groups excluding carboxylic acids is 1. The van der Waals surface area contributed by atoms with E-state index < -0.39 is 0 Å². The van der Waals surface area contributed by atoms with E-state index in [4.69, 9.17) is 9.47 Å². The van der Waals surface area contributed by atoms with Crippen LogP contribution in [0.4, 0.5) is 0 Å². The fourth-order valence-electron chi connectivity index (χ4n) is 1.90. The summed E-state index contributed by atoms with van der Waals surface area (Å²) in [7, 11) is 0. The summed E-state index contributed by atoms with van der Waals surface area (Å²) in [5.41, 5.74) is 2.50. The Morgan fingerprint density at radius 3 is 3.06 bits per heavy atom. The highest BCUT2D eigenvalue weighted by molar-refractivity contribution is 5.87. The van der Waals surface area contributed by atoms with Gasteiger partial charge in [0.05, 0.1) is 18.8 Å². The van der Waals surface area contributed by atoms with Crippen molar-refractivity contribution >= 4 is 5.97 Å². The van der Waals surface area contributed by atoms with Crippen molar-refractivity contribution in [3.8, 4) is 0 Å². The SMILES string of the molecule is CCOC(=O)c1cc2c([nH]1)CC(C)(C)OC2. The Bertz CT molecular complexity index is 406. The predicted molar refractivity (Wildman–Crippen MR) is 59.3 cm³/mol. The van der Waals surface area contributed by atoms with Gasteiger partial charge in [-0.05, 0) is 32.4 Å². The third-order valence-corrected chi connectivity index (χ3v) is 2.71. The Labute approximate surface area is 94.9 Å². The molecule has 88 valence electrons. The molecule has 0 atom stereocenters. The monoisotopic (exact) mass is 223 g/mol. The zero-order valence-electron chi connectivity index (χ0n) is 9.92. The van der Waals surface area contributed by atoms with Gasteiger partial charge in [0.25, 0.3) is 0 Å². The maximum atomic E-state index is 11.5. The molecule has 16 heavy (non-hydrogen) atoms. The number of H-pyrrole nitrogens is 1. The lowest BCUT2D eigenvalue weighted by Gasteiger charge is -2.29. The molecule has 1 N–H and O–H groups in total. The van der Waals surface area contributed by atoms with Crippen LogP contribution >= 0.6 is 0 Å². The highest BCUT2D eigenvalue weighted by Gasteiger charge is 2.28. The van der Waals surface area contributed by atoms with Gasteiger partial charge in [-0.1, -0.05) is 0 Å². The van der Waals surface area contributed by atoms with Crippen molar-refractivity contribution in [1.29, 1.82) is 0 Å². The number of rotatable bonds is 2. The molecule has 0 saturated heterocycles. The number of nitrogens with one attached hydrogen (secondary N) is 1. The first-order valence-corrected chi connectivity index (χ1v) is 5.53. The van der Waals surface area contributed by atoms with E-state index in [1.165, 1.54) is 0 Å². The maximum absolute atomic E-state index is 11.5. The lowest BCUT2D eigenvalue weighted by Crippen LogP contribution is -2.31. The van der Waals surface area contributed by atoms with Crippen molar-refractivity contribution in [2.45, 2.75) is 39.4 Å². The summed E-state index contributed by atoms with van der Waals surface area (Å²) >= 11 is 0. The van der Waals surface area contributed by atoms with Crippen LogP contribution in [0.5, 0.6) is 0 Å². The number of hydrogen-bond donors (Lipinski definition) is 1. The smallest absolute Gasteiger partial charge is 0.354 e. The van der Waals surface area contributed by atoms with Gasteiger partial charge in [-0.15, -0.1) is 0 Å². The molecule has 0 fully saturated rings. The molecule has 2 heterocycles. The zero-order chi connectivity index (χ0) is 11.8. The molecule has 1 aliphatic heterocycles. The van der Waals surface area contributed by atoms with E-state index in [9.17, 15) is 4.79 Å². The van der Waals surface area contributed by atoms with Crippen LogP contribution in [0, 0.1) is 0 Å². The molecule has 0 aliphatic carbocycles. The molecular formula is C12H17NO3. The Hall–Kier alpha value is -1.29. The van der Waals surface area contributed by atoms with Gasteiger partial charge in [0.15, 0.2) is 0 Å². The third kappa shape index (κ3) is 2.11. The lowest BCUT2D eigenvalue weighted by atomic mass is 9.97. The molecule has 4 nitrogen and oxygen atoms in total. The van der Waals surface area contributed by atoms with E-state index in [-0.39, 0.29) is 11.6 Å². The molecule has 0 aromatic carbocycles. The van der Waals surface area contributed by atoms with Gasteiger partial charge in [-0.2, -0.15) is 0 Å². The van der Waals surface area contributed by atoms with E-state index in [1.54, 1.807) is 6.92 Å². The summed E-state index contributed by atoms with van der Waals surface area (Å²) in [6.07, 6.45) is 0.793. The first-order valence-electron chi connectivity index (χ1n) is 5.53. The van der Waals surface area contributed by atoms with Gasteiger partial charge in [-0.25, -0.2) is 4.79 Å². The largest absolute Gasteiger partial charge is 0.461 e. The summed E-state index contributed by atoms with van der Waals surface area (Å²) in [6, 6.07) is 1.82. The normalized spacial score (nSPS) is 17.9. The second kappa shape index (κ2) is 3.94. The van der Waals surface area contributed by atoms with E-state index >= 15 is 0 Å². The van der Waals surface area contributed by atoms with Crippen LogP contribution in [0.15, 0.2) is 6.07 Å². The van der Waals surface area contributed by atoms with Gasteiger partial charge >= 0.3 is 5.97 Å². The molecule has 1 aliphatic rings. The number of esters is 1. The highest BCUT2D eigenvalue weighted by Crippen LogP contribution is 2.27. The molecule has 0 bridgehead atoms. The minimum absolute atomic E-state index is 0.163. The van der Waals surface area contributed by atoms with Crippen LogP contribution in [0.3, 0.4) is 0 Å². The first-order chi connectivity index (χ1) is 7.52. The van der Waals surface area contributed by atoms with Gasteiger partial charge in [0.1, 0.15) is 5.69 Å². The number of aromatic amines is 1. The summed E-state index contributed by atoms with van der Waals surface area (Å²) in [4.78, 5) is 14.6. The number of carbonyl (C=O) groups is 1. The highest BCUT2D eigenvalue weighted by atomic mass is 16.5. The van der Waals surface area contributed by atoms with E-state index in [2.05, 4.69) is 4.98 Å². The molecule has 0 radical (unpaired) electrons. The third-order valence-electron chi connectivity index (χ3n) is 2.71. The first kappa shape index (κ1) is 11.2. The Balaban J connectivity index is 2.21. The molecule has 4 heteroatoms. The lowest BCUT2D eigenvalue weighted by molar-refractivity contribution is -0.0406. The number of aromatic nitrogens is 1. The van der Waals surface area contributed by atoms with Crippen molar-refractivity contribution in [3.05, 3.63) is 23.0 Å². The Morgan fingerprint density at radius 1 is 1.62 bits per heavy atom. The molecule has 0 saturated carbocycles. The predicted octanol–water partition coefficient (Wildman–Crippen LogP) is 2.04. The van der Waals surface area contributed by atoms with Crippen LogP contribution in [-0.2, 0) is 22.5 Å². The van der Waals surface area contributed by atoms with Crippen LogP contribution in [-0.4, -0.2) is 23.2 Å². The zero-order valence-corrected chi connectivity index (χ0v) is 9.92. The Kier molecular flexibility index (Phi) is 2.76. The van der Waals surface area contributed by atoms with Crippen molar-refractivity contribution < 1.29 is 14.3 Å². The second-order valence-electron chi connectivity index (χ2n) is 4.63. The van der Waals surface area contributed by atoms with Gasteiger partial charge in [-0.3, -0.25) is 0 Å². The molecule has 2 rings (SSSR count).